The van der Waals surface area contributed by atoms with Gasteiger partial charge in [-0.2, -0.15) is 0 Å². The van der Waals surface area contributed by atoms with Gasteiger partial charge in [0, 0.05) is 74.8 Å². The van der Waals surface area contributed by atoms with Crippen LogP contribution in [-0.2, 0) is 0 Å². The molecule has 1 N–H and O–H groups in total. The molecule has 1 atom stereocenters. The molecule has 0 bridgehead atoms. The Balaban J connectivity index is 0.000000158. The smallest absolute Gasteiger partial charge is 0.258 e. The highest BCUT2D eigenvalue weighted by atomic mass is 16.5. The zero-order valence-corrected chi connectivity index (χ0v) is 32.3. The van der Waals surface area contributed by atoms with Crippen LogP contribution in [0.1, 0.15) is 24.8 Å². The Hall–Kier alpha value is -6.24. The van der Waals surface area contributed by atoms with Crippen LogP contribution >= 0.6 is 0 Å². The fraction of sp³-hybridized carbons (Fsp3) is 0.273. The first-order valence-electron chi connectivity index (χ1n) is 18.8. The molecule has 12 nitrogen and oxygen atoms in total. The van der Waals surface area contributed by atoms with Crippen molar-refractivity contribution in [2.75, 3.05) is 58.9 Å². The average Bonchev–Trinajstić information content (AvgIpc) is 3.61. The molecule has 7 aromatic rings. The Morgan fingerprint density at radius 1 is 0.786 bits per heavy atom. The summed E-state index contributed by atoms with van der Waals surface area (Å²) in [5.74, 6) is 1.93. The van der Waals surface area contributed by atoms with Crippen LogP contribution in [0.3, 0.4) is 0 Å². The number of ether oxygens (including phenoxy) is 2. The second-order valence-corrected chi connectivity index (χ2v) is 14.3. The Morgan fingerprint density at radius 2 is 1.59 bits per heavy atom. The minimum atomic E-state index is -0.0946. The Bertz CT molecular complexity index is 2730. The van der Waals surface area contributed by atoms with Crippen LogP contribution in [0.4, 0.5) is 5.69 Å². The lowest BCUT2D eigenvalue weighted by Gasteiger charge is -2.39. The van der Waals surface area contributed by atoms with Crippen LogP contribution in [0.5, 0.6) is 11.5 Å². The number of aromatic nitrogens is 4. The maximum absolute atomic E-state index is 12.9. The van der Waals surface area contributed by atoms with Crippen molar-refractivity contribution in [2.45, 2.75) is 26.3 Å². The number of hydrogen-bond donors (Lipinski definition) is 1. The minimum Gasteiger partial charge on any atom is -0.493 e. The van der Waals surface area contributed by atoms with Crippen LogP contribution in [-0.4, -0.2) is 83.7 Å². The third-order valence-corrected chi connectivity index (χ3v) is 10.7. The van der Waals surface area contributed by atoms with Crippen LogP contribution in [0, 0.1) is 6.92 Å². The first-order valence-corrected chi connectivity index (χ1v) is 18.8. The van der Waals surface area contributed by atoms with Gasteiger partial charge in [0.1, 0.15) is 11.2 Å². The molecule has 56 heavy (non-hydrogen) atoms. The molecule has 0 amide bonds. The van der Waals surface area contributed by atoms with E-state index in [1.165, 1.54) is 5.57 Å². The predicted octanol–water partition coefficient (Wildman–Crippen LogP) is 6.31. The van der Waals surface area contributed by atoms with E-state index in [0.29, 0.717) is 40.4 Å². The summed E-state index contributed by atoms with van der Waals surface area (Å²) < 4.78 is 19.6. The molecule has 0 aliphatic carbocycles. The number of piperazine rings is 1. The summed E-state index contributed by atoms with van der Waals surface area (Å²) in [5.41, 5.74) is 9.53. The van der Waals surface area contributed by atoms with E-state index in [1.807, 2.05) is 80.0 Å². The van der Waals surface area contributed by atoms with Gasteiger partial charge in [-0.15, -0.1) is 0 Å². The fourth-order valence-electron chi connectivity index (χ4n) is 7.39. The number of likely N-dealkylation sites (N-methyl/N-ethyl adjacent to an activating group) is 1. The number of nitrogens with zero attached hydrogens (tertiary/aromatic N) is 6. The number of pyridine rings is 3. The van der Waals surface area contributed by atoms with Gasteiger partial charge in [-0.3, -0.25) is 18.4 Å². The third kappa shape index (κ3) is 7.40. The van der Waals surface area contributed by atoms with Gasteiger partial charge in [0.05, 0.1) is 25.6 Å². The molecular weight excluding hydrogens is 707 g/mol. The number of benzene rings is 2. The van der Waals surface area contributed by atoms with Crippen molar-refractivity contribution >= 4 is 33.5 Å². The van der Waals surface area contributed by atoms with E-state index in [1.54, 1.807) is 35.2 Å². The summed E-state index contributed by atoms with van der Waals surface area (Å²) in [6, 6.07) is 25.2. The van der Waals surface area contributed by atoms with Gasteiger partial charge < -0.3 is 29.0 Å². The molecular formula is C44H45N7O5. The number of rotatable bonds is 6. The summed E-state index contributed by atoms with van der Waals surface area (Å²) in [7, 11) is 5.36. The normalized spacial score (nSPS) is 16.1. The zero-order chi connectivity index (χ0) is 38.9. The fourth-order valence-corrected chi connectivity index (χ4v) is 7.39. The summed E-state index contributed by atoms with van der Waals surface area (Å²) >= 11 is 0. The summed E-state index contributed by atoms with van der Waals surface area (Å²) in [6.07, 6.45) is 7.00. The SMILES string of the molecule is COc1ccc(-c2cc(=O)n3cc(C4=CCNCC4)ccc3c2)cc1OC.Cc1nc2ccc(-c3cc(=O)n4cc(N5CCN(C)[C@H](C)C5)ccc4n3)cc2o1. The van der Waals surface area contributed by atoms with Crippen LogP contribution in [0.25, 0.3) is 50.2 Å². The van der Waals surface area contributed by atoms with Gasteiger partial charge in [0.2, 0.25) is 0 Å². The third-order valence-electron chi connectivity index (χ3n) is 10.7. The van der Waals surface area contributed by atoms with Crippen molar-refractivity contribution in [3.63, 3.8) is 0 Å². The van der Waals surface area contributed by atoms with Crippen molar-refractivity contribution in [1.82, 2.24) is 29.0 Å². The molecule has 1 saturated heterocycles. The molecule has 0 saturated carbocycles. The highest BCUT2D eigenvalue weighted by molar-refractivity contribution is 5.80. The Labute approximate surface area is 324 Å². The quantitative estimate of drug-likeness (QED) is 0.207. The van der Waals surface area contributed by atoms with Crippen LogP contribution in [0.15, 0.2) is 111 Å². The van der Waals surface area contributed by atoms with Gasteiger partial charge in [-0.25, -0.2) is 9.97 Å². The van der Waals surface area contributed by atoms with Crippen molar-refractivity contribution < 1.29 is 13.9 Å². The highest BCUT2D eigenvalue weighted by Crippen LogP contribution is 2.32. The molecule has 2 aromatic carbocycles. The lowest BCUT2D eigenvalue weighted by atomic mass is 10.0. The van der Waals surface area contributed by atoms with E-state index in [2.05, 4.69) is 46.2 Å². The average molecular weight is 752 g/mol. The predicted molar refractivity (Wildman–Crippen MR) is 221 cm³/mol. The maximum Gasteiger partial charge on any atom is 0.258 e. The maximum atomic E-state index is 12.9. The molecule has 0 radical (unpaired) electrons. The second-order valence-electron chi connectivity index (χ2n) is 14.3. The van der Waals surface area contributed by atoms with Gasteiger partial charge in [0.15, 0.2) is 23.0 Å². The van der Waals surface area contributed by atoms with E-state index in [4.69, 9.17) is 18.9 Å². The van der Waals surface area contributed by atoms with Crippen molar-refractivity contribution in [3.8, 4) is 33.9 Å². The minimum absolute atomic E-state index is 0.0475. The van der Waals surface area contributed by atoms with E-state index >= 15 is 0 Å². The van der Waals surface area contributed by atoms with E-state index < -0.39 is 0 Å². The van der Waals surface area contributed by atoms with Gasteiger partial charge in [0.25, 0.3) is 11.1 Å². The number of aryl methyl sites for hydroxylation is 1. The second kappa shape index (κ2) is 15.5. The Kier molecular flexibility index (Phi) is 10.2. The Morgan fingerprint density at radius 3 is 2.38 bits per heavy atom. The first-order chi connectivity index (χ1) is 27.2. The van der Waals surface area contributed by atoms with E-state index in [9.17, 15) is 9.59 Å². The lowest BCUT2D eigenvalue weighted by Crippen LogP contribution is -2.50. The molecule has 7 heterocycles. The van der Waals surface area contributed by atoms with E-state index in [-0.39, 0.29) is 11.1 Å². The summed E-state index contributed by atoms with van der Waals surface area (Å²) in [5, 5.41) is 3.31. The zero-order valence-electron chi connectivity index (χ0n) is 32.3. The first kappa shape index (κ1) is 36.7. The molecule has 12 heteroatoms. The standard InChI is InChI=1S/C22H23N5O2.C22H22N2O3/c1-14-12-26(9-8-25(14)3)17-5-7-21-24-19(11-22(28)27(21)13-17)16-4-6-18-20(10-16)29-15(2)23-18;1-26-20-6-4-16(12-21(20)27-2)18-11-19-5-3-17(14-24(19)22(25)13-18)15-7-9-23-10-8-15/h4-7,10-11,13-14H,8-9,12H2,1-3H3;3-7,11-14,23H,8-10H2,1-2H3/t14-;/m1./s1. The number of oxazole rings is 1. The van der Waals surface area contributed by atoms with Gasteiger partial charge in [-0.1, -0.05) is 24.3 Å². The number of fused-ring (bicyclic) bond motifs is 3. The highest BCUT2D eigenvalue weighted by Gasteiger charge is 2.21. The van der Waals surface area contributed by atoms with Crippen LogP contribution < -0.4 is 30.8 Å². The molecule has 0 spiro atoms. The number of anilines is 1. The molecule has 1 fully saturated rings. The molecule has 286 valence electrons. The van der Waals surface area contributed by atoms with Gasteiger partial charge >= 0.3 is 0 Å². The topological polar surface area (TPSA) is 119 Å². The summed E-state index contributed by atoms with van der Waals surface area (Å²) in [4.78, 5) is 39.3. The van der Waals surface area contributed by atoms with Crippen molar-refractivity contribution in [1.29, 1.82) is 0 Å². The monoisotopic (exact) mass is 751 g/mol. The molecule has 2 aliphatic heterocycles. The number of methoxy groups -OCH3 is 2. The molecule has 9 rings (SSSR count). The largest absolute Gasteiger partial charge is 0.493 e. The van der Waals surface area contributed by atoms with Crippen molar-refractivity contribution in [2.24, 2.45) is 0 Å². The van der Waals surface area contributed by atoms with E-state index in [0.717, 1.165) is 78.1 Å². The lowest BCUT2D eigenvalue weighted by molar-refractivity contribution is 0.234. The van der Waals surface area contributed by atoms with Gasteiger partial charge in [-0.05, 0) is 97.7 Å². The van der Waals surface area contributed by atoms with Crippen molar-refractivity contribution in [3.05, 3.63) is 129 Å². The molecule has 0 unspecified atom stereocenters. The van der Waals surface area contributed by atoms with Crippen LogP contribution in [0.2, 0.25) is 0 Å². The number of hydrogen-bond acceptors (Lipinski definition) is 10. The summed E-state index contributed by atoms with van der Waals surface area (Å²) in [6.45, 7) is 8.79. The molecule has 2 aliphatic rings. The molecule has 5 aromatic heterocycles. The number of nitrogens with one attached hydrogen (secondary N) is 1.